The summed E-state index contributed by atoms with van der Waals surface area (Å²) in [6.07, 6.45) is 0. The Bertz CT molecular complexity index is 245. The van der Waals surface area contributed by atoms with Gasteiger partial charge >= 0.3 is 0 Å². The summed E-state index contributed by atoms with van der Waals surface area (Å²) in [6, 6.07) is 7.39. The third-order valence-electron chi connectivity index (χ3n) is 1.65. The highest BCUT2D eigenvalue weighted by molar-refractivity contribution is 5.48. The second kappa shape index (κ2) is 6.21. The van der Waals surface area contributed by atoms with Crippen LogP contribution in [0.3, 0.4) is 0 Å². The van der Waals surface area contributed by atoms with Gasteiger partial charge in [-0.05, 0) is 12.1 Å². The van der Waals surface area contributed by atoms with Crippen LogP contribution in [0.5, 0.6) is 5.75 Å². The third kappa shape index (κ3) is 3.62. The molecule has 0 atom stereocenters. The summed E-state index contributed by atoms with van der Waals surface area (Å²) < 4.78 is 17.0. The van der Waals surface area contributed by atoms with Crippen molar-refractivity contribution in [2.24, 2.45) is 5.73 Å². The van der Waals surface area contributed by atoms with E-state index in [1.165, 1.54) is 0 Å². The number of nitrogens with one attached hydrogen (secondary N) is 1. The van der Waals surface area contributed by atoms with E-state index in [9.17, 15) is 4.39 Å². The van der Waals surface area contributed by atoms with Crippen LogP contribution in [0.4, 0.5) is 10.1 Å². The van der Waals surface area contributed by atoms with Crippen molar-refractivity contribution in [2.75, 3.05) is 31.7 Å². The van der Waals surface area contributed by atoms with Crippen molar-refractivity contribution >= 4 is 5.69 Å². The Labute approximate surface area is 83.1 Å². The van der Waals surface area contributed by atoms with Crippen LogP contribution in [-0.4, -0.2) is 26.4 Å². The lowest BCUT2D eigenvalue weighted by Crippen LogP contribution is -2.13. The predicted octanol–water partition coefficient (Wildman–Crippen LogP) is 1.41. The monoisotopic (exact) mass is 198 g/mol. The first-order chi connectivity index (χ1) is 6.86. The summed E-state index contributed by atoms with van der Waals surface area (Å²) in [6.45, 7) is 0.920. The van der Waals surface area contributed by atoms with Crippen LogP contribution >= 0.6 is 0 Å². The lowest BCUT2D eigenvalue weighted by atomic mass is 10.3. The molecule has 14 heavy (non-hydrogen) atoms. The van der Waals surface area contributed by atoms with Crippen molar-refractivity contribution in [3.05, 3.63) is 24.3 Å². The van der Waals surface area contributed by atoms with Crippen molar-refractivity contribution in [3.63, 3.8) is 0 Å². The highest BCUT2D eigenvalue weighted by Crippen LogP contribution is 2.16. The number of hydrogen-bond acceptors (Lipinski definition) is 3. The fourth-order valence-electron chi connectivity index (χ4n) is 1.07. The highest BCUT2D eigenvalue weighted by Gasteiger charge is 1.95. The van der Waals surface area contributed by atoms with Crippen molar-refractivity contribution < 1.29 is 9.13 Å². The van der Waals surface area contributed by atoms with Gasteiger partial charge in [-0.1, -0.05) is 6.07 Å². The third-order valence-corrected chi connectivity index (χ3v) is 1.65. The fourth-order valence-corrected chi connectivity index (χ4v) is 1.07. The number of anilines is 1. The molecule has 4 heteroatoms. The lowest BCUT2D eigenvalue weighted by Gasteiger charge is -2.07. The van der Waals surface area contributed by atoms with E-state index in [4.69, 9.17) is 10.5 Å². The van der Waals surface area contributed by atoms with Crippen molar-refractivity contribution in [2.45, 2.75) is 0 Å². The zero-order valence-corrected chi connectivity index (χ0v) is 8.00. The largest absolute Gasteiger partial charge is 0.491 e. The molecule has 0 heterocycles. The summed E-state index contributed by atoms with van der Waals surface area (Å²) in [4.78, 5) is 0. The first kappa shape index (κ1) is 10.8. The molecule has 0 amide bonds. The molecule has 0 aliphatic rings. The molecule has 0 bridgehead atoms. The van der Waals surface area contributed by atoms with Crippen molar-refractivity contribution in [1.82, 2.24) is 0 Å². The molecule has 0 aromatic heterocycles. The Morgan fingerprint density at radius 3 is 3.00 bits per heavy atom. The second-order valence-corrected chi connectivity index (χ2v) is 2.78. The van der Waals surface area contributed by atoms with E-state index in [1.54, 1.807) is 6.07 Å². The molecule has 1 aromatic carbocycles. The van der Waals surface area contributed by atoms with Gasteiger partial charge in [-0.25, -0.2) is 4.39 Å². The minimum Gasteiger partial charge on any atom is -0.491 e. The van der Waals surface area contributed by atoms with E-state index in [-0.39, 0.29) is 6.61 Å². The maximum absolute atomic E-state index is 11.8. The fraction of sp³-hybridized carbons (Fsp3) is 0.400. The smallest absolute Gasteiger partial charge is 0.123 e. The summed E-state index contributed by atoms with van der Waals surface area (Å²) in [5.74, 6) is 0.671. The molecule has 3 nitrogen and oxygen atoms in total. The average molecular weight is 198 g/mol. The number of benzene rings is 1. The maximum atomic E-state index is 11.8. The van der Waals surface area contributed by atoms with Gasteiger partial charge in [-0.3, -0.25) is 0 Å². The van der Waals surface area contributed by atoms with Gasteiger partial charge in [-0.15, -0.1) is 0 Å². The number of nitrogens with two attached hydrogens (primary N) is 1. The first-order valence-corrected chi connectivity index (χ1v) is 4.59. The SMILES string of the molecule is NCCNc1cccc(OCCF)c1. The molecule has 0 fully saturated rings. The van der Waals surface area contributed by atoms with Gasteiger partial charge in [0.2, 0.25) is 0 Å². The lowest BCUT2D eigenvalue weighted by molar-refractivity contribution is 0.273. The van der Waals surface area contributed by atoms with Crippen molar-refractivity contribution in [3.8, 4) is 5.75 Å². The number of rotatable bonds is 6. The van der Waals surface area contributed by atoms with Crippen LogP contribution in [-0.2, 0) is 0 Å². The van der Waals surface area contributed by atoms with E-state index < -0.39 is 6.67 Å². The van der Waals surface area contributed by atoms with Gasteiger partial charge in [0.25, 0.3) is 0 Å². The number of hydrogen-bond donors (Lipinski definition) is 2. The van der Waals surface area contributed by atoms with Crippen LogP contribution in [0, 0.1) is 0 Å². The summed E-state index contributed by atoms with van der Waals surface area (Å²) in [7, 11) is 0. The topological polar surface area (TPSA) is 47.3 Å². The number of alkyl halides is 1. The molecule has 1 rings (SSSR count). The van der Waals surface area contributed by atoms with E-state index in [1.807, 2.05) is 18.2 Å². The van der Waals surface area contributed by atoms with Crippen molar-refractivity contribution in [1.29, 1.82) is 0 Å². The number of ether oxygens (including phenoxy) is 1. The van der Waals surface area contributed by atoms with Gasteiger partial charge in [-0.2, -0.15) is 0 Å². The van der Waals surface area contributed by atoms with Crippen LogP contribution in [0.1, 0.15) is 0 Å². The summed E-state index contributed by atoms with van der Waals surface area (Å²) in [5, 5.41) is 3.11. The van der Waals surface area contributed by atoms with E-state index in [0.717, 1.165) is 5.69 Å². The van der Waals surface area contributed by atoms with Gasteiger partial charge < -0.3 is 15.8 Å². The molecule has 1 aromatic rings. The molecule has 78 valence electrons. The zero-order valence-electron chi connectivity index (χ0n) is 8.00. The molecule has 0 saturated carbocycles. The van der Waals surface area contributed by atoms with Gasteiger partial charge in [0, 0.05) is 24.8 Å². The molecule has 0 saturated heterocycles. The quantitative estimate of drug-likeness (QED) is 0.726. The average Bonchev–Trinajstić information content (AvgIpc) is 2.24. The molecular weight excluding hydrogens is 183 g/mol. The minimum absolute atomic E-state index is 0.0976. The molecule has 0 spiro atoms. The van der Waals surface area contributed by atoms with Gasteiger partial charge in [0.15, 0.2) is 0 Å². The molecule has 0 aliphatic carbocycles. The van der Waals surface area contributed by atoms with E-state index >= 15 is 0 Å². The maximum Gasteiger partial charge on any atom is 0.123 e. The first-order valence-electron chi connectivity index (χ1n) is 4.59. The second-order valence-electron chi connectivity index (χ2n) is 2.78. The van der Waals surface area contributed by atoms with E-state index in [2.05, 4.69) is 5.32 Å². The Hall–Kier alpha value is -1.29. The minimum atomic E-state index is -0.472. The summed E-state index contributed by atoms with van der Waals surface area (Å²) >= 11 is 0. The molecule has 0 unspecified atom stereocenters. The molecule has 0 aliphatic heterocycles. The zero-order chi connectivity index (χ0) is 10.2. The summed E-state index contributed by atoms with van der Waals surface area (Å²) in [5.41, 5.74) is 6.29. The number of halogens is 1. The highest BCUT2D eigenvalue weighted by atomic mass is 19.1. The Morgan fingerprint density at radius 1 is 1.43 bits per heavy atom. The van der Waals surface area contributed by atoms with Gasteiger partial charge in [0.1, 0.15) is 19.0 Å². The van der Waals surface area contributed by atoms with Crippen LogP contribution in [0.2, 0.25) is 0 Å². The Kier molecular flexibility index (Phi) is 4.78. The molecular formula is C10H15FN2O. The van der Waals surface area contributed by atoms with Gasteiger partial charge in [0.05, 0.1) is 0 Å². The standard InChI is InChI=1S/C10H15FN2O/c11-4-7-14-10-3-1-2-9(8-10)13-6-5-12/h1-3,8,13H,4-7,12H2. The Morgan fingerprint density at radius 2 is 2.29 bits per heavy atom. The van der Waals surface area contributed by atoms with Crippen LogP contribution in [0.25, 0.3) is 0 Å². The van der Waals surface area contributed by atoms with Crippen LogP contribution < -0.4 is 15.8 Å². The molecule has 3 N–H and O–H groups in total. The van der Waals surface area contributed by atoms with Crippen LogP contribution in [0.15, 0.2) is 24.3 Å². The Balaban J connectivity index is 2.50. The molecule has 0 radical (unpaired) electrons. The van der Waals surface area contributed by atoms with E-state index in [0.29, 0.717) is 18.8 Å². The predicted molar refractivity (Wildman–Crippen MR) is 55.5 cm³/mol. The normalized spacial score (nSPS) is 9.86.